The highest BCUT2D eigenvalue weighted by molar-refractivity contribution is 5.86. The van der Waals surface area contributed by atoms with Crippen LogP contribution in [0.15, 0.2) is 49.1 Å². The van der Waals surface area contributed by atoms with Crippen molar-refractivity contribution in [1.29, 1.82) is 0 Å². The number of ether oxygens (including phenoxy) is 1. The van der Waals surface area contributed by atoms with Crippen molar-refractivity contribution in [3.63, 3.8) is 0 Å². The van der Waals surface area contributed by atoms with E-state index >= 15 is 0 Å². The standard InChI is InChI=1S/C24H27N7O/c1-6-21-22(26-9-8-25-21)15-17(1)20-7-10-31-23(20)16-27-24(29-31)28-18-2-4-19(5-3-18)30-11-13-32-14-12-30/h1,6-10,15-16,18-19H,2-5,11-14H2,(H,28,29). The molecule has 8 heteroatoms. The summed E-state index contributed by atoms with van der Waals surface area (Å²) >= 11 is 0. The van der Waals surface area contributed by atoms with Gasteiger partial charge in [0.2, 0.25) is 5.95 Å². The lowest BCUT2D eigenvalue weighted by molar-refractivity contribution is 0.00790. The third-order valence-corrected chi connectivity index (χ3v) is 6.79. The van der Waals surface area contributed by atoms with Gasteiger partial charge in [0.05, 0.1) is 36.0 Å². The highest BCUT2D eigenvalue weighted by Gasteiger charge is 2.27. The zero-order chi connectivity index (χ0) is 21.3. The van der Waals surface area contributed by atoms with Gasteiger partial charge in [-0.2, -0.15) is 0 Å². The van der Waals surface area contributed by atoms with Gasteiger partial charge < -0.3 is 10.1 Å². The molecule has 4 aromatic rings. The summed E-state index contributed by atoms with van der Waals surface area (Å²) in [4.78, 5) is 16.0. The van der Waals surface area contributed by atoms with Gasteiger partial charge in [-0.3, -0.25) is 14.9 Å². The Labute approximate surface area is 186 Å². The number of aromatic nitrogens is 5. The molecule has 1 N–H and O–H groups in total. The molecule has 4 heterocycles. The molecule has 0 bridgehead atoms. The Morgan fingerprint density at radius 2 is 1.72 bits per heavy atom. The number of hydrogen-bond acceptors (Lipinski definition) is 7. The quantitative estimate of drug-likeness (QED) is 0.533. The van der Waals surface area contributed by atoms with Crippen LogP contribution in [-0.4, -0.2) is 67.9 Å². The number of nitrogens with zero attached hydrogens (tertiary/aromatic N) is 6. The molecule has 164 valence electrons. The summed E-state index contributed by atoms with van der Waals surface area (Å²) in [7, 11) is 0. The van der Waals surface area contributed by atoms with Crippen LogP contribution in [0.5, 0.6) is 0 Å². The molecule has 0 radical (unpaired) electrons. The number of morpholine rings is 1. The SMILES string of the molecule is c1cnc2cc(-c3ccn4nc(NC5CCC(N6CCOCC6)CC5)ncc34)ccc2n1. The molecular weight excluding hydrogens is 402 g/mol. The van der Waals surface area contributed by atoms with Crippen molar-refractivity contribution in [3.05, 3.63) is 49.1 Å². The number of fused-ring (bicyclic) bond motifs is 2. The highest BCUT2D eigenvalue weighted by Crippen LogP contribution is 2.28. The first-order valence-corrected chi connectivity index (χ1v) is 11.5. The van der Waals surface area contributed by atoms with Crippen LogP contribution in [0.2, 0.25) is 0 Å². The fourth-order valence-electron chi connectivity index (χ4n) is 5.05. The van der Waals surface area contributed by atoms with Crippen LogP contribution in [-0.2, 0) is 4.74 Å². The average molecular weight is 430 g/mol. The minimum absolute atomic E-state index is 0.429. The van der Waals surface area contributed by atoms with Crippen molar-refractivity contribution in [2.24, 2.45) is 0 Å². The number of anilines is 1. The molecule has 32 heavy (non-hydrogen) atoms. The Kier molecular flexibility index (Phi) is 5.16. The summed E-state index contributed by atoms with van der Waals surface area (Å²) < 4.78 is 7.40. The minimum atomic E-state index is 0.429. The van der Waals surface area contributed by atoms with Crippen LogP contribution in [0, 0.1) is 0 Å². The van der Waals surface area contributed by atoms with E-state index < -0.39 is 0 Å². The van der Waals surface area contributed by atoms with Crippen LogP contribution in [0.4, 0.5) is 5.95 Å². The number of hydrogen-bond donors (Lipinski definition) is 1. The van der Waals surface area contributed by atoms with E-state index in [1.807, 2.05) is 23.0 Å². The largest absolute Gasteiger partial charge is 0.379 e. The Bertz CT molecular complexity index is 1230. The monoisotopic (exact) mass is 429 g/mol. The molecule has 1 aliphatic heterocycles. The lowest BCUT2D eigenvalue weighted by atomic mass is 9.90. The molecule has 2 fully saturated rings. The summed E-state index contributed by atoms with van der Waals surface area (Å²) in [5.41, 5.74) is 4.94. The van der Waals surface area contributed by atoms with Gasteiger partial charge in [0.1, 0.15) is 0 Å². The van der Waals surface area contributed by atoms with Crippen molar-refractivity contribution in [1.82, 2.24) is 29.5 Å². The van der Waals surface area contributed by atoms with Gasteiger partial charge in [0.25, 0.3) is 0 Å². The number of benzene rings is 1. The van der Waals surface area contributed by atoms with Gasteiger partial charge in [-0.1, -0.05) is 6.07 Å². The Balaban J connectivity index is 1.16. The molecule has 1 saturated carbocycles. The molecule has 0 atom stereocenters. The molecule has 1 aromatic carbocycles. The van der Waals surface area contributed by atoms with Crippen molar-refractivity contribution >= 4 is 22.5 Å². The smallest absolute Gasteiger partial charge is 0.241 e. The molecule has 8 nitrogen and oxygen atoms in total. The maximum absolute atomic E-state index is 5.50. The summed E-state index contributed by atoms with van der Waals surface area (Å²) in [6.07, 6.45) is 12.1. The third-order valence-electron chi connectivity index (χ3n) is 6.79. The van der Waals surface area contributed by atoms with Crippen molar-refractivity contribution in [3.8, 4) is 11.1 Å². The van der Waals surface area contributed by atoms with E-state index in [1.54, 1.807) is 12.4 Å². The van der Waals surface area contributed by atoms with E-state index in [0.717, 1.165) is 66.8 Å². The first-order valence-electron chi connectivity index (χ1n) is 11.5. The molecule has 0 unspecified atom stereocenters. The third kappa shape index (κ3) is 3.80. The van der Waals surface area contributed by atoms with E-state index in [0.29, 0.717) is 18.0 Å². The summed E-state index contributed by atoms with van der Waals surface area (Å²) in [5, 5.41) is 8.29. The van der Waals surface area contributed by atoms with Crippen molar-refractivity contribution in [2.45, 2.75) is 37.8 Å². The van der Waals surface area contributed by atoms with Gasteiger partial charge in [0.15, 0.2) is 0 Å². The van der Waals surface area contributed by atoms with Crippen LogP contribution >= 0.6 is 0 Å². The van der Waals surface area contributed by atoms with Crippen molar-refractivity contribution in [2.75, 3.05) is 31.6 Å². The van der Waals surface area contributed by atoms with Crippen molar-refractivity contribution < 1.29 is 4.74 Å². The molecule has 0 spiro atoms. The predicted octanol–water partition coefficient (Wildman–Crippen LogP) is 3.39. The second-order valence-electron chi connectivity index (χ2n) is 8.70. The lowest BCUT2D eigenvalue weighted by Crippen LogP contribution is -2.46. The van der Waals surface area contributed by atoms with Crippen LogP contribution in [0.25, 0.3) is 27.7 Å². The molecule has 2 aliphatic rings. The molecule has 1 aliphatic carbocycles. The highest BCUT2D eigenvalue weighted by atomic mass is 16.5. The average Bonchev–Trinajstić information content (AvgIpc) is 3.28. The molecule has 6 rings (SSSR count). The van der Waals surface area contributed by atoms with Crippen LogP contribution in [0.1, 0.15) is 25.7 Å². The second kappa shape index (κ2) is 8.44. The second-order valence-corrected chi connectivity index (χ2v) is 8.70. The fourth-order valence-corrected chi connectivity index (χ4v) is 5.05. The van der Waals surface area contributed by atoms with Gasteiger partial charge in [-0.15, -0.1) is 5.10 Å². The number of nitrogens with one attached hydrogen (secondary N) is 1. The first kappa shape index (κ1) is 19.6. The predicted molar refractivity (Wildman–Crippen MR) is 124 cm³/mol. The molecule has 3 aromatic heterocycles. The topological polar surface area (TPSA) is 80.5 Å². The molecule has 0 amide bonds. The summed E-state index contributed by atoms with van der Waals surface area (Å²) in [6.45, 7) is 3.89. The molecular formula is C24H27N7O. The maximum atomic E-state index is 5.50. The van der Waals surface area contributed by atoms with E-state index in [4.69, 9.17) is 9.84 Å². The van der Waals surface area contributed by atoms with Gasteiger partial charge in [-0.05, 0) is 49.4 Å². The number of rotatable bonds is 4. The van der Waals surface area contributed by atoms with E-state index in [-0.39, 0.29) is 0 Å². The molecule has 1 saturated heterocycles. The van der Waals surface area contributed by atoms with Crippen LogP contribution in [0.3, 0.4) is 0 Å². The van der Waals surface area contributed by atoms with Gasteiger partial charge >= 0.3 is 0 Å². The van der Waals surface area contributed by atoms with Gasteiger partial charge in [0, 0.05) is 49.3 Å². The Morgan fingerprint density at radius 3 is 2.56 bits per heavy atom. The first-order chi connectivity index (χ1) is 15.8. The van der Waals surface area contributed by atoms with Crippen LogP contribution < -0.4 is 5.32 Å². The normalized spacial score (nSPS) is 22.4. The van der Waals surface area contributed by atoms with E-state index in [1.165, 1.54) is 12.8 Å². The summed E-state index contributed by atoms with van der Waals surface area (Å²) in [5.74, 6) is 0.693. The summed E-state index contributed by atoms with van der Waals surface area (Å²) in [6, 6.07) is 9.35. The van der Waals surface area contributed by atoms with Gasteiger partial charge in [-0.25, -0.2) is 9.50 Å². The van der Waals surface area contributed by atoms with E-state index in [9.17, 15) is 0 Å². The fraction of sp³-hybridized carbons (Fsp3) is 0.417. The Morgan fingerprint density at radius 1 is 0.906 bits per heavy atom. The zero-order valence-corrected chi connectivity index (χ0v) is 18.0. The lowest BCUT2D eigenvalue weighted by Gasteiger charge is -2.38. The minimum Gasteiger partial charge on any atom is -0.379 e. The zero-order valence-electron chi connectivity index (χ0n) is 18.0. The maximum Gasteiger partial charge on any atom is 0.241 e. The Hall–Kier alpha value is -3.10. The van der Waals surface area contributed by atoms with E-state index in [2.05, 4.69) is 43.4 Å².